The highest BCUT2D eigenvalue weighted by Gasteiger charge is 2.38. The lowest BCUT2D eigenvalue weighted by Crippen LogP contribution is -2.29. The molecule has 2 aromatic carbocycles. The van der Waals surface area contributed by atoms with Gasteiger partial charge < -0.3 is 19.5 Å². The second kappa shape index (κ2) is 10.1. The summed E-state index contributed by atoms with van der Waals surface area (Å²) in [5.41, 5.74) is 3.60. The monoisotopic (exact) mass is 461 g/mol. The Morgan fingerprint density at radius 1 is 1.06 bits per heavy atom. The molecule has 3 unspecified atom stereocenters. The lowest BCUT2D eigenvalue weighted by molar-refractivity contribution is -0.132. The van der Waals surface area contributed by atoms with E-state index in [2.05, 4.69) is 35.7 Å². The van der Waals surface area contributed by atoms with Crippen LogP contribution in [-0.2, 0) is 4.79 Å². The number of rotatable bonds is 7. The van der Waals surface area contributed by atoms with Crippen LogP contribution < -0.4 is 19.5 Å². The van der Waals surface area contributed by atoms with Crippen LogP contribution in [0.2, 0.25) is 0 Å². The van der Waals surface area contributed by atoms with Crippen LogP contribution in [0, 0.1) is 11.8 Å². The first-order valence-corrected chi connectivity index (χ1v) is 12.7. The molecule has 180 valence electrons. The van der Waals surface area contributed by atoms with Gasteiger partial charge in [-0.15, -0.1) is 0 Å². The molecule has 0 radical (unpaired) electrons. The Labute approximate surface area is 202 Å². The van der Waals surface area contributed by atoms with E-state index < -0.39 is 0 Å². The molecule has 0 spiro atoms. The van der Waals surface area contributed by atoms with E-state index in [-0.39, 0.29) is 12.0 Å². The van der Waals surface area contributed by atoms with Crippen molar-refractivity contribution >= 4 is 11.7 Å². The normalized spacial score (nSPS) is 23.5. The first kappa shape index (κ1) is 22.8. The SMILES string of the molecule is COc1cc(C2Nc3ccc(OCCC4CCCCC4)cc3C3C=CCC32)ccc1OC(C)=O. The molecule has 2 aliphatic carbocycles. The number of ether oxygens (including phenoxy) is 3. The highest BCUT2D eigenvalue weighted by molar-refractivity contribution is 5.70. The van der Waals surface area contributed by atoms with Gasteiger partial charge in [-0.25, -0.2) is 0 Å². The molecule has 1 aliphatic heterocycles. The number of nitrogens with one attached hydrogen (secondary N) is 1. The van der Waals surface area contributed by atoms with E-state index in [4.69, 9.17) is 14.2 Å². The van der Waals surface area contributed by atoms with Gasteiger partial charge in [-0.2, -0.15) is 0 Å². The third kappa shape index (κ3) is 4.79. The second-order valence-corrected chi connectivity index (χ2v) is 9.87. The highest BCUT2D eigenvalue weighted by atomic mass is 16.6. The lowest BCUT2D eigenvalue weighted by atomic mass is 9.77. The Morgan fingerprint density at radius 3 is 2.71 bits per heavy atom. The van der Waals surface area contributed by atoms with E-state index in [0.717, 1.165) is 42.4 Å². The number of anilines is 1. The van der Waals surface area contributed by atoms with Gasteiger partial charge >= 0.3 is 5.97 Å². The summed E-state index contributed by atoms with van der Waals surface area (Å²) in [5, 5.41) is 3.77. The van der Waals surface area contributed by atoms with Crippen LogP contribution in [0.3, 0.4) is 0 Å². The van der Waals surface area contributed by atoms with Gasteiger partial charge in [-0.3, -0.25) is 4.79 Å². The molecule has 1 heterocycles. The summed E-state index contributed by atoms with van der Waals surface area (Å²) in [4.78, 5) is 11.4. The molecule has 0 aromatic heterocycles. The highest BCUT2D eigenvalue weighted by Crippen LogP contribution is 2.51. The summed E-state index contributed by atoms with van der Waals surface area (Å²) in [5.74, 6) is 3.24. The first-order valence-electron chi connectivity index (χ1n) is 12.7. The number of carbonyl (C=O) groups is 1. The molecule has 5 rings (SSSR count). The maximum atomic E-state index is 11.4. The Bertz CT molecular complexity index is 1060. The minimum absolute atomic E-state index is 0.144. The third-order valence-corrected chi connectivity index (χ3v) is 7.65. The maximum absolute atomic E-state index is 11.4. The molecule has 1 saturated carbocycles. The molecule has 1 fully saturated rings. The zero-order valence-corrected chi connectivity index (χ0v) is 20.2. The van der Waals surface area contributed by atoms with Crippen LogP contribution in [-0.4, -0.2) is 19.7 Å². The zero-order valence-electron chi connectivity index (χ0n) is 20.2. The summed E-state index contributed by atoms with van der Waals surface area (Å²) in [6.45, 7) is 2.20. The van der Waals surface area contributed by atoms with Gasteiger partial charge in [0.15, 0.2) is 11.5 Å². The van der Waals surface area contributed by atoms with Crippen molar-refractivity contribution in [3.8, 4) is 17.2 Å². The van der Waals surface area contributed by atoms with Crippen molar-refractivity contribution in [1.29, 1.82) is 0 Å². The van der Waals surface area contributed by atoms with Crippen molar-refractivity contribution in [3.63, 3.8) is 0 Å². The van der Waals surface area contributed by atoms with Crippen molar-refractivity contribution < 1.29 is 19.0 Å². The third-order valence-electron chi connectivity index (χ3n) is 7.65. The van der Waals surface area contributed by atoms with E-state index in [1.165, 1.54) is 44.6 Å². The predicted molar refractivity (Wildman–Crippen MR) is 134 cm³/mol. The van der Waals surface area contributed by atoms with Crippen molar-refractivity contribution in [2.24, 2.45) is 11.8 Å². The number of allylic oxidation sites excluding steroid dienone is 2. The Hall–Kier alpha value is -2.95. The maximum Gasteiger partial charge on any atom is 0.308 e. The molecule has 0 bridgehead atoms. The molecular formula is C29H35NO4. The fourth-order valence-electron chi connectivity index (χ4n) is 5.93. The molecular weight excluding hydrogens is 426 g/mol. The predicted octanol–water partition coefficient (Wildman–Crippen LogP) is 6.80. The molecule has 5 nitrogen and oxygen atoms in total. The van der Waals surface area contributed by atoms with Crippen LogP contribution in [0.25, 0.3) is 0 Å². The van der Waals surface area contributed by atoms with Gasteiger partial charge in [-0.05, 0) is 66.1 Å². The number of methoxy groups -OCH3 is 1. The quantitative estimate of drug-likeness (QED) is 0.279. The van der Waals surface area contributed by atoms with Gasteiger partial charge in [0.25, 0.3) is 0 Å². The van der Waals surface area contributed by atoms with Crippen molar-refractivity contribution in [1.82, 2.24) is 0 Å². The van der Waals surface area contributed by atoms with Gasteiger partial charge in [0.1, 0.15) is 5.75 Å². The number of carbonyl (C=O) groups excluding carboxylic acids is 1. The lowest BCUT2D eigenvalue weighted by Gasteiger charge is -2.38. The Balaban J connectivity index is 1.32. The fraction of sp³-hybridized carbons (Fsp3) is 0.483. The molecule has 2 aromatic rings. The van der Waals surface area contributed by atoms with Crippen molar-refractivity contribution in [3.05, 3.63) is 59.7 Å². The average molecular weight is 462 g/mol. The Morgan fingerprint density at radius 2 is 1.91 bits per heavy atom. The fourth-order valence-corrected chi connectivity index (χ4v) is 5.93. The van der Waals surface area contributed by atoms with Gasteiger partial charge in [0.2, 0.25) is 0 Å². The topological polar surface area (TPSA) is 56.8 Å². The van der Waals surface area contributed by atoms with Crippen LogP contribution in [0.15, 0.2) is 48.6 Å². The van der Waals surface area contributed by atoms with Crippen LogP contribution in [0.1, 0.15) is 75.0 Å². The molecule has 34 heavy (non-hydrogen) atoms. The van der Waals surface area contributed by atoms with E-state index in [1.54, 1.807) is 7.11 Å². The van der Waals surface area contributed by atoms with Crippen LogP contribution >= 0.6 is 0 Å². The van der Waals surface area contributed by atoms with Crippen molar-refractivity contribution in [2.45, 2.75) is 63.8 Å². The van der Waals surface area contributed by atoms with E-state index in [0.29, 0.717) is 23.3 Å². The number of hydrogen-bond donors (Lipinski definition) is 1. The number of benzene rings is 2. The summed E-state index contributed by atoms with van der Waals surface area (Å²) >= 11 is 0. The van der Waals surface area contributed by atoms with E-state index in [9.17, 15) is 4.79 Å². The minimum Gasteiger partial charge on any atom is -0.494 e. The molecule has 0 amide bonds. The van der Waals surface area contributed by atoms with Gasteiger partial charge in [-0.1, -0.05) is 50.3 Å². The van der Waals surface area contributed by atoms with Crippen LogP contribution in [0.5, 0.6) is 17.2 Å². The molecule has 5 heteroatoms. The largest absolute Gasteiger partial charge is 0.494 e. The summed E-state index contributed by atoms with van der Waals surface area (Å²) in [7, 11) is 1.60. The van der Waals surface area contributed by atoms with E-state index >= 15 is 0 Å². The van der Waals surface area contributed by atoms with Crippen LogP contribution in [0.4, 0.5) is 5.69 Å². The minimum atomic E-state index is -0.354. The van der Waals surface area contributed by atoms with E-state index in [1.807, 2.05) is 18.2 Å². The average Bonchev–Trinajstić information content (AvgIpc) is 3.35. The number of hydrogen-bond acceptors (Lipinski definition) is 5. The van der Waals surface area contributed by atoms with Gasteiger partial charge in [0, 0.05) is 18.5 Å². The smallest absolute Gasteiger partial charge is 0.308 e. The zero-order chi connectivity index (χ0) is 23.5. The standard InChI is InChI=1S/C29H35NO4/c1-19(31)34-27-14-11-21(17-28(27)32-2)29-24-10-6-9-23(24)25-18-22(12-13-26(25)30-29)33-16-15-20-7-4-3-5-8-20/h6,9,11-14,17-18,20,23-24,29-30H,3-5,7-8,10,15-16H2,1-2H3. The second-order valence-electron chi connectivity index (χ2n) is 9.87. The number of fused-ring (bicyclic) bond motifs is 3. The molecule has 3 aliphatic rings. The molecule has 1 N–H and O–H groups in total. The number of esters is 1. The summed E-state index contributed by atoms with van der Waals surface area (Å²) < 4.78 is 17.0. The van der Waals surface area contributed by atoms with Gasteiger partial charge in [0.05, 0.1) is 19.8 Å². The summed E-state index contributed by atoms with van der Waals surface area (Å²) in [6, 6.07) is 12.5. The Kier molecular flexibility index (Phi) is 6.80. The first-order chi connectivity index (χ1) is 16.6. The van der Waals surface area contributed by atoms with Crippen molar-refractivity contribution in [2.75, 3.05) is 19.0 Å². The molecule has 3 atom stereocenters. The summed E-state index contributed by atoms with van der Waals surface area (Å²) in [6.07, 6.45) is 13.7. The molecule has 0 saturated heterocycles.